The van der Waals surface area contributed by atoms with Crippen LogP contribution < -0.4 is 14.8 Å². The van der Waals surface area contributed by atoms with Gasteiger partial charge in [0.1, 0.15) is 11.5 Å². The number of amides is 1. The molecule has 1 N–H and O–H groups in total. The molecule has 1 amide bonds. The van der Waals surface area contributed by atoms with Gasteiger partial charge in [-0.25, -0.2) is 9.97 Å². The Morgan fingerprint density at radius 2 is 1.82 bits per heavy atom. The number of anilines is 1. The number of piperazine rings is 1. The second kappa shape index (κ2) is 9.36. The standard InChI is InChI=1S/C20H27N5O3/c1-24-8-10-25(11-9-24)20(26)16-13-23-19(14-22-16)21-7-6-15-4-5-17(27-2)18(12-15)28-3/h4-5,12-14H,6-11H2,1-3H3,(H,21,23). The van der Waals surface area contributed by atoms with Crippen molar-refractivity contribution in [3.05, 3.63) is 41.9 Å². The summed E-state index contributed by atoms with van der Waals surface area (Å²) in [6.45, 7) is 3.91. The summed E-state index contributed by atoms with van der Waals surface area (Å²) < 4.78 is 10.6. The Kier molecular flexibility index (Phi) is 6.65. The van der Waals surface area contributed by atoms with Gasteiger partial charge in [0.2, 0.25) is 0 Å². The molecular formula is C20H27N5O3. The number of nitrogens with zero attached hydrogens (tertiary/aromatic N) is 4. The van der Waals surface area contributed by atoms with Crippen LogP contribution in [-0.2, 0) is 6.42 Å². The smallest absolute Gasteiger partial charge is 0.274 e. The third-order valence-electron chi connectivity index (χ3n) is 4.83. The molecule has 1 aliphatic heterocycles. The number of aromatic nitrogens is 2. The van der Waals surface area contributed by atoms with Crippen LogP contribution in [0.1, 0.15) is 16.1 Å². The summed E-state index contributed by atoms with van der Waals surface area (Å²) in [5.41, 5.74) is 1.51. The Morgan fingerprint density at radius 3 is 2.46 bits per heavy atom. The second-order valence-corrected chi connectivity index (χ2v) is 6.75. The molecule has 8 nitrogen and oxygen atoms in total. The van der Waals surface area contributed by atoms with Crippen LogP contribution in [0, 0.1) is 0 Å². The number of rotatable bonds is 7. The van der Waals surface area contributed by atoms with Crippen LogP contribution in [0.15, 0.2) is 30.6 Å². The van der Waals surface area contributed by atoms with Gasteiger partial charge >= 0.3 is 0 Å². The summed E-state index contributed by atoms with van der Waals surface area (Å²) in [4.78, 5) is 25.1. The third-order valence-corrected chi connectivity index (χ3v) is 4.83. The summed E-state index contributed by atoms with van der Waals surface area (Å²) in [5, 5.41) is 3.23. The van der Waals surface area contributed by atoms with E-state index in [1.807, 2.05) is 23.1 Å². The van der Waals surface area contributed by atoms with Gasteiger partial charge in [0.15, 0.2) is 11.5 Å². The van der Waals surface area contributed by atoms with Gasteiger partial charge in [0.25, 0.3) is 5.91 Å². The number of benzene rings is 1. The molecule has 2 aromatic rings. The fourth-order valence-corrected chi connectivity index (χ4v) is 3.07. The average molecular weight is 385 g/mol. The van der Waals surface area contributed by atoms with E-state index >= 15 is 0 Å². The minimum atomic E-state index is -0.0579. The van der Waals surface area contributed by atoms with E-state index < -0.39 is 0 Å². The summed E-state index contributed by atoms with van der Waals surface area (Å²) in [7, 11) is 5.31. The molecule has 0 spiro atoms. The van der Waals surface area contributed by atoms with Crippen molar-refractivity contribution in [1.29, 1.82) is 0 Å². The molecule has 1 aromatic carbocycles. The highest BCUT2D eigenvalue weighted by Crippen LogP contribution is 2.27. The van der Waals surface area contributed by atoms with Gasteiger partial charge in [0, 0.05) is 32.7 Å². The molecule has 28 heavy (non-hydrogen) atoms. The Bertz CT molecular complexity index is 789. The van der Waals surface area contributed by atoms with Crippen LogP contribution in [0.25, 0.3) is 0 Å². The minimum absolute atomic E-state index is 0.0579. The highest BCUT2D eigenvalue weighted by atomic mass is 16.5. The number of methoxy groups -OCH3 is 2. The summed E-state index contributed by atoms with van der Waals surface area (Å²) in [6, 6.07) is 5.86. The minimum Gasteiger partial charge on any atom is -0.493 e. The number of hydrogen-bond donors (Lipinski definition) is 1. The van der Waals surface area contributed by atoms with Crippen LogP contribution in [-0.4, -0.2) is 79.7 Å². The molecule has 8 heteroatoms. The van der Waals surface area contributed by atoms with Crippen molar-refractivity contribution in [3.8, 4) is 11.5 Å². The van der Waals surface area contributed by atoms with Crippen molar-refractivity contribution in [2.75, 3.05) is 59.3 Å². The molecule has 2 heterocycles. The van der Waals surface area contributed by atoms with Crippen molar-refractivity contribution >= 4 is 11.7 Å². The first kappa shape index (κ1) is 19.9. The second-order valence-electron chi connectivity index (χ2n) is 6.75. The number of carbonyl (C=O) groups is 1. The molecular weight excluding hydrogens is 358 g/mol. The number of nitrogens with one attached hydrogen (secondary N) is 1. The van der Waals surface area contributed by atoms with Crippen molar-refractivity contribution in [2.45, 2.75) is 6.42 Å². The highest BCUT2D eigenvalue weighted by Gasteiger charge is 2.21. The van der Waals surface area contributed by atoms with Gasteiger partial charge in [-0.1, -0.05) is 6.07 Å². The maximum atomic E-state index is 12.5. The normalized spacial score (nSPS) is 14.6. The zero-order chi connectivity index (χ0) is 19.9. The van der Waals surface area contributed by atoms with Gasteiger partial charge < -0.3 is 24.6 Å². The first-order chi connectivity index (χ1) is 13.6. The quantitative estimate of drug-likeness (QED) is 0.774. The molecule has 0 unspecified atom stereocenters. The highest BCUT2D eigenvalue weighted by molar-refractivity contribution is 5.92. The lowest BCUT2D eigenvalue weighted by atomic mass is 10.1. The Labute approximate surface area is 165 Å². The summed E-state index contributed by atoms with van der Waals surface area (Å²) in [6.07, 6.45) is 3.95. The molecule has 1 saturated heterocycles. The molecule has 150 valence electrons. The van der Waals surface area contributed by atoms with Crippen molar-refractivity contribution in [2.24, 2.45) is 0 Å². The van der Waals surface area contributed by atoms with E-state index in [1.54, 1.807) is 26.6 Å². The van der Waals surface area contributed by atoms with Gasteiger partial charge in [-0.3, -0.25) is 4.79 Å². The first-order valence-corrected chi connectivity index (χ1v) is 9.35. The Balaban J connectivity index is 1.51. The molecule has 0 radical (unpaired) electrons. The predicted molar refractivity (Wildman–Crippen MR) is 107 cm³/mol. The third kappa shape index (κ3) is 4.89. The topological polar surface area (TPSA) is 79.8 Å². The lowest BCUT2D eigenvalue weighted by molar-refractivity contribution is 0.0658. The first-order valence-electron chi connectivity index (χ1n) is 9.35. The number of ether oxygens (including phenoxy) is 2. The zero-order valence-corrected chi connectivity index (χ0v) is 16.6. The van der Waals surface area contributed by atoms with Crippen molar-refractivity contribution in [3.63, 3.8) is 0 Å². The largest absolute Gasteiger partial charge is 0.493 e. The lowest BCUT2D eigenvalue weighted by Gasteiger charge is -2.32. The molecule has 1 fully saturated rings. The molecule has 0 bridgehead atoms. The van der Waals surface area contributed by atoms with Crippen LogP contribution in [0.4, 0.5) is 5.82 Å². The van der Waals surface area contributed by atoms with E-state index in [9.17, 15) is 4.79 Å². The van der Waals surface area contributed by atoms with Gasteiger partial charge in [0.05, 0.1) is 26.6 Å². The van der Waals surface area contributed by atoms with Crippen LogP contribution in [0.3, 0.4) is 0 Å². The van der Waals surface area contributed by atoms with Crippen molar-refractivity contribution in [1.82, 2.24) is 19.8 Å². The molecule has 3 rings (SSSR count). The van der Waals surface area contributed by atoms with E-state index in [0.717, 1.165) is 38.2 Å². The SMILES string of the molecule is COc1ccc(CCNc2cnc(C(=O)N3CCN(C)CC3)cn2)cc1OC. The maximum Gasteiger partial charge on any atom is 0.274 e. The molecule has 1 aromatic heterocycles. The van der Waals surface area contributed by atoms with Crippen LogP contribution in [0.5, 0.6) is 11.5 Å². The van der Waals surface area contributed by atoms with Crippen LogP contribution >= 0.6 is 0 Å². The molecule has 0 saturated carbocycles. The van der Waals surface area contributed by atoms with E-state index in [4.69, 9.17) is 9.47 Å². The zero-order valence-electron chi connectivity index (χ0n) is 16.6. The van der Waals surface area contributed by atoms with E-state index in [1.165, 1.54) is 0 Å². The summed E-state index contributed by atoms with van der Waals surface area (Å²) >= 11 is 0. The Hall–Kier alpha value is -2.87. The Morgan fingerprint density at radius 1 is 1.07 bits per heavy atom. The number of carbonyl (C=O) groups excluding carboxylic acids is 1. The van der Waals surface area contributed by atoms with Crippen molar-refractivity contribution < 1.29 is 14.3 Å². The fourth-order valence-electron chi connectivity index (χ4n) is 3.07. The van der Waals surface area contributed by atoms with E-state index in [2.05, 4.69) is 27.2 Å². The van der Waals surface area contributed by atoms with E-state index in [0.29, 0.717) is 29.6 Å². The monoisotopic (exact) mass is 385 g/mol. The van der Waals surface area contributed by atoms with Gasteiger partial charge in [-0.2, -0.15) is 0 Å². The van der Waals surface area contributed by atoms with Gasteiger partial charge in [-0.15, -0.1) is 0 Å². The summed E-state index contributed by atoms with van der Waals surface area (Å²) in [5.74, 6) is 2.02. The maximum absolute atomic E-state index is 12.5. The molecule has 1 aliphatic rings. The number of likely N-dealkylation sites (N-methyl/N-ethyl adjacent to an activating group) is 1. The average Bonchev–Trinajstić information content (AvgIpc) is 2.74. The van der Waals surface area contributed by atoms with Crippen LogP contribution in [0.2, 0.25) is 0 Å². The predicted octanol–water partition coefficient (Wildman–Crippen LogP) is 1.54. The van der Waals surface area contributed by atoms with E-state index in [-0.39, 0.29) is 5.91 Å². The fraction of sp³-hybridized carbons (Fsp3) is 0.450. The number of hydrogen-bond acceptors (Lipinski definition) is 7. The molecule has 0 aliphatic carbocycles. The lowest BCUT2D eigenvalue weighted by Crippen LogP contribution is -2.47. The molecule has 0 atom stereocenters. The van der Waals surface area contributed by atoms with Gasteiger partial charge in [-0.05, 0) is 31.2 Å².